The Morgan fingerprint density at radius 1 is 0.800 bits per heavy atom. The molecule has 0 saturated carbocycles. The molecule has 0 bridgehead atoms. The number of carbonyl (C=O) groups is 1. The van der Waals surface area contributed by atoms with Crippen LogP contribution in [0.15, 0.2) is 97.5 Å². The molecular weight excluding hydrogens is 457 g/mol. The third-order valence-electron chi connectivity index (χ3n) is 4.14. The van der Waals surface area contributed by atoms with E-state index >= 15 is 0 Å². The molecule has 0 spiro atoms. The van der Waals surface area contributed by atoms with Gasteiger partial charge in [-0.15, -0.1) is 0 Å². The Kier molecular flexibility index (Phi) is 6.54. The Balaban J connectivity index is 1.73. The highest BCUT2D eigenvalue weighted by atomic mass is 35.5. The monoisotopic (exact) mass is 471 g/mol. The molecule has 150 valence electrons. The summed E-state index contributed by atoms with van der Waals surface area (Å²) in [4.78, 5) is 19.1. The average Bonchev–Trinajstić information content (AvgIpc) is 3.13. The van der Waals surface area contributed by atoms with E-state index in [4.69, 9.17) is 27.9 Å². The number of rotatable bonds is 5. The summed E-state index contributed by atoms with van der Waals surface area (Å²) in [5, 5.41) is 1.30. The van der Waals surface area contributed by atoms with Gasteiger partial charge in [0.25, 0.3) is 0 Å². The lowest BCUT2D eigenvalue weighted by Gasteiger charge is -2.08. The first-order valence-electron chi connectivity index (χ1n) is 8.97. The zero-order chi connectivity index (χ0) is 21.1. The van der Waals surface area contributed by atoms with E-state index in [0.717, 1.165) is 20.9 Å². The van der Waals surface area contributed by atoms with E-state index in [9.17, 15) is 4.79 Å². The number of cyclic esters (lactones) is 1. The predicted octanol–water partition coefficient (Wildman–Crippen LogP) is 7.36. The number of carbonyl (C=O) groups excluding carboxylic acids is 1. The van der Waals surface area contributed by atoms with Crippen LogP contribution in [0.5, 0.6) is 0 Å². The minimum absolute atomic E-state index is 0.283. The fourth-order valence-electron chi connectivity index (χ4n) is 2.59. The van der Waals surface area contributed by atoms with Gasteiger partial charge in [-0.05, 0) is 67.6 Å². The van der Waals surface area contributed by atoms with Crippen molar-refractivity contribution in [2.45, 2.75) is 16.7 Å². The maximum atomic E-state index is 12.7. The molecule has 1 heterocycles. The van der Waals surface area contributed by atoms with E-state index in [1.807, 2.05) is 79.7 Å². The molecule has 0 unspecified atom stereocenters. The molecule has 1 aliphatic heterocycles. The van der Waals surface area contributed by atoms with E-state index < -0.39 is 5.97 Å². The van der Waals surface area contributed by atoms with Crippen LogP contribution in [-0.2, 0) is 9.53 Å². The van der Waals surface area contributed by atoms with Crippen LogP contribution in [0.25, 0.3) is 0 Å². The number of nitrogens with zero attached hydrogens (tertiary/aromatic N) is 1. The van der Waals surface area contributed by atoms with Crippen molar-refractivity contribution in [2.75, 3.05) is 0 Å². The number of hydrogen-bond acceptors (Lipinski definition) is 5. The molecule has 3 aromatic rings. The first-order chi connectivity index (χ1) is 14.5. The molecule has 3 aromatic carbocycles. The Morgan fingerprint density at radius 2 is 1.30 bits per heavy atom. The van der Waals surface area contributed by atoms with Crippen LogP contribution in [-0.4, -0.2) is 11.9 Å². The smallest absolute Gasteiger partial charge is 0.365 e. The molecule has 4 rings (SSSR count). The van der Waals surface area contributed by atoms with Gasteiger partial charge in [-0.3, -0.25) is 0 Å². The fraction of sp³-hybridized carbons (Fsp3) is 0.0435. The predicted molar refractivity (Wildman–Crippen MR) is 125 cm³/mol. The molecular formula is C23H15Cl2NO2S2. The van der Waals surface area contributed by atoms with Crippen LogP contribution >= 0.6 is 46.7 Å². The summed E-state index contributed by atoms with van der Waals surface area (Å²) < 4.78 is 6.19. The lowest BCUT2D eigenvalue weighted by molar-refractivity contribution is -0.130. The van der Waals surface area contributed by atoms with Crippen LogP contribution in [0.3, 0.4) is 0 Å². The van der Waals surface area contributed by atoms with E-state index in [-0.39, 0.29) is 5.70 Å². The van der Waals surface area contributed by atoms with Crippen LogP contribution in [0, 0.1) is 6.92 Å². The lowest BCUT2D eigenvalue weighted by Crippen LogP contribution is -2.05. The molecule has 7 heteroatoms. The van der Waals surface area contributed by atoms with E-state index in [1.165, 1.54) is 23.5 Å². The second-order valence-corrected chi connectivity index (χ2v) is 9.72. The van der Waals surface area contributed by atoms with Crippen molar-refractivity contribution in [3.63, 3.8) is 0 Å². The van der Waals surface area contributed by atoms with Gasteiger partial charge in [0.2, 0.25) is 5.90 Å². The van der Waals surface area contributed by atoms with Gasteiger partial charge in [-0.1, -0.05) is 64.4 Å². The Hall–Kier alpha value is -2.18. The molecule has 30 heavy (non-hydrogen) atoms. The molecule has 0 fully saturated rings. The highest BCUT2D eigenvalue weighted by Crippen LogP contribution is 2.43. The molecule has 0 aliphatic carbocycles. The number of halogens is 2. The molecule has 0 N–H and O–H groups in total. The summed E-state index contributed by atoms with van der Waals surface area (Å²) in [6, 6.07) is 22.6. The number of benzene rings is 3. The minimum Gasteiger partial charge on any atom is -0.402 e. The number of thioether (sulfide) groups is 2. The fourth-order valence-corrected chi connectivity index (χ4v) is 5.01. The molecule has 0 saturated heterocycles. The third-order valence-corrected chi connectivity index (χ3v) is 6.91. The molecule has 0 radical (unpaired) electrons. The SMILES string of the molecule is Cc1ccc(C2=NC(=C(Sc3ccc(Cl)cc3)Sc3ccc(Cl)cc3)C(=O)O2)cc1. The number of aliphatic imine (C=N–C) groups is 1. The lowest BCUT2D eigenvalue weighted by atomic mass is 10.1. The first-order valence-corrected chi connectivity index (χ1v) is 11.4. The van der Waals surface area contributed by atoms with Gasteiger partial charge in [0.05, 0.1) is 4.24 Å². The van der Waals surface area contributed by atoms with Gasteiger partial charge in [-0.2, -0.15) is 0 Å². The summed E-state index contributed by atoms with van der Waals surface area (Å²) in [5.74, 6) is -0.163. The van der Waals surface area contributed by atoms with Gasteiger partial charge < -0.3 is 4.74 Å². The van der Waals surface area contributed by atoms with Crippen LogP contribution < -0.4 is 0 Å². The zero-order valence-corrected chi connectivity index (χ0v) is 18.9. The highest BCUT2D eigenvalue weighted by Gasteiger charge is 2.28. The summed E-state index contributed by atoms with van der Waals surface area (Å²) in [5.41, 5.74) is 2.17. The van der Waals surface area contributed by atoms with Crippen molar-refractivity contribution >= 4 is 58.6 Å². The van der Waals surface area contributed by atoms with E-state index in [0.29, 0.717) is 20.2 Å². The summed E-state index contributed by atoms with van der Waals surface area (Å²) >= 11 is 14.9. The second-order valence-electron chi connectivity index (χ2n) is 6.42. The van der Waals surface area contributed by atoms with Crippen molar-refractivity contribution in [2.24, 2.45) is 4.99 Å². The molecule has 0 aromatic heterocycles. The number of hydrogen-bond donors (Lipinski definition) is 0. The highest BCUT2D eigenvalue weighted by molar-refractivity contribution is 8.22. The standard InChI is InChI=1S/C23H15Cl2NO2S2/c1-14-2-4-15(5-3-14)21-26-20(22(27)28-21)23(29-18-10-6-16(24)7-11-18)30-19-12-8-17(25)9-13-19/h2-13H,1H3. The van der Waals surface area contributed by atoms with E-state index in [2.05, 4.69) is 4.99 Å². The second kappa shape index (κ2) is 9.31. The van der Waals surface area contributed by atoms with Crippen molar-refractivity contribution in [3.8, 4) is 0 Å². The maximum Gasteiger partial charge on any atom is 0.365 e. The quantitative estimate of drug-likeness (QED) is 0.221. The maximum absolute atomic E-state index is 12.7. The van der Waals surface area contributed by atoms with Crippen molar-refractivity contribution in [3.05, 3.63) is 104 Å². The van der Waals surface area contributed by atoms with Crippen LogP contribution in [0.1, 0.15) is 11.1 Å². The Labute approximate surface area is 193 Å². The summed E-state index contributed by atoms with van der Waals surface area (Å²) in [6.45, 7) is 2.00. The third kappa shape index (κ3) is 5.10. The molecule has 0 amide bonds. The van der Waals surface area contributed by atoms with Gasteiger partial charge in [0.15, 0.2) is 5.70 Å². The number of esters is 1. The topological polar surface area (TPSA) is 38.7 Å². The van der Waals surface area contributed by atoms with Gasteiger partial charge >= 0.3 is 5.97 Å². The molecule has 1 aliphatic rings. The first kappa shape index (κ1) is 21.1. The van der Waals surface area contributed by atoms with Gasteiger partial charge in [0.1, 0.15) is 0 Å². The average molecular weight is 472 g/mol. The minimum atomic E-state index is -0.469. The van der Waals surface area contributed by atoms with Crippen molar-refractivity contribution in [1.29, 1.82) is 0 Å². The number of aryl methyl sites for hydroxylation is 1. The number of ether oxygens (including phenoxy) is 1. The summed E-state index contributed by atoms with van der Waals surface area (Å²) in [6.07, 6.45) is 0. The van der Waals surface area contributed by atoms with E-state index in [1.54, 1.807) is 0 Å². The van der Waals surface area contributed by atoms with Crippen molar-refractivity contribution in [1.82, 2.24) is 0 Å². The Bertz CT molecular complexity index is 1090. The Morgan fingerprint density at radius 3 is 1.80 bits per heavy atom. The van der Waals surface area contributed by atoms with Gasteiger partial charge in [-0.25, -0.2) is 9.79 Å². The van der Waals surface area contributed by atoms with Gasteiger partial charge in [0, 0.05) is 25.4 Å². The normalized spacial score (nSPS) is 13.2. The van der Waals surface area contributed by atoms with Crippen LogP contribution in [0.4, 0.5) is 0 Å². The largest absolute Gasteiger partial charge is 0.402 e. The van der Waals surface area contributed by atoms with Crippen molar-refractivity contribution < 1.29 is 9.53 Å². The zero-order valence-electron chi connectivity index (χ0n) is 15.8. The summed E-state index contributed by atoms with van der Waals surface area (Å²) in [7, 11) is 0. The molecule has 0 atom stereocenters. The molecule has 3 nitrogen and oxygen atoms in total. The van der Waals surface area contributed by atoms with Crippen LogP contribution in [0.2, 0.25) is 10.0 Å².